The van der Waals surface area contributed by atoms with Gasteiger partial charge in [0.05, 0.1) is 12.7 Å². The number of likely N-dealkylation sites (tertiary alicyclic amines) is 1. The second-order valence-electron chi connectivity index (χ2n) is 6.48. The van der Waals surface area contributed by atoms with Crippen LogP contribution in [0.15, 0.2) is 18.3 Å². The number of ether oxygens (including phenoxy) is 2. The summed E-state index contributed by atoms with van der Waals surface area (Å²) in [5, 5.41) is 0. The molecule has 0 aromatic carbocycles. The number of aromatic nitrogens is 1. The third-order valence-corrected chi connectivity index (χ3v) is 3.22. The predicted molar refractivity (Wildman–Crippen MR) is 80.4 cm³/mol. The maximum atomic E-state index is 14.3. The van der Waals surface area contributed by atoms with Crippen molar-refractivity contribution in [3.8, 4) is 5.75 Å². The van der Waals surface area contributed by atoms with Gasteiger partial charge in [0.15, 0.2) is 6.10 Å². The maximum Gasteiger partial charge on any atom is 0.410 e. The van der Waals surface area contributed by atoms with Gasteiger partial charge in [-0.15, -0.1) is 0 Å². The van der Waals surface area contributed by atoms with Crippen LogP contribution in [0.1, 0.15) is 27.2 Å². The topological polar surface area (TPSA) is 77.7 Å². The number of nitrogens with two attached hydrogens (primary N) is 1. The Hall–Kier alpha value is -2.12. The summed E-state index contributed by atoms with van der Waals surface area (Å²) in [6, 6.07) is 2.96. The Kier molecular flexibility index (Phi) is 4.63. The molecule has 0 bridgehead atoms. The van der Waals surface area contributed by atoms with Gasteiger partial charge in [-0.1, -0.05) is 0 Å². The lowest BCUT2D eigenvalue weighted by molar-refractivity contribution is -0.137. The zero-order valence-electron chi connectivity index (χ0n) is 13.4. The van der Waals surface area contributed by atoms with Crippen molar-refractivity contribution in [2.75, 3.05) is 18.8 Å². The van der Waals surface area contributed by atoms with Crippen molar-refractivity contribution in [2.45, 2.75) is 44.8 Å². The van der Waals surface area contributed by atoms with Gasteiger partial charge < -0.3 is 20.1 Å². The van der Waals surface area contributed by atoms with Gasteiger partial charge in [-0.3, -0.25) is 0 Å². The lowest BCUT2D eigenvalue weighted by Crippen LogP contribution is -2.56. The van der Waals surface area contributed by atoms with Gasteiger partial charge in [0.2, 0.25) is 0 Å². The van der Waals surface area contributed by atoms with Crippen LogP contribution in [0.4, 0.5) is 19.4 Å². The third kappa shape index (κ3) is 4.67. The first-order valence-corrected chi connectivity index (χ1v) is 7.31. The molecule has 1 fully saturated rings. The lowest BCUT2D eigenvalue weighted by atomic mass is 10.0. The molecule has 1 saturated heterocycles. The second-order valence-corrected chi connectivity index (χ2v) is 6.48. The number of alkyl halides is 2. The van der Waals surface area contributed by atoms with Crippen molar-refractivity contribution in [3.63, 3.8) is 0 Å². The average molecular weight is 329 g/mol. The van der Waals surface area contributed by atoms with E-state index in [1.807, 2.05) is 0 Å². The van der Waals surface area contributed by atoms with Crippen LogP contribution >= 0.6 is 0 Å². The Balaban J connectivity index is 1.99. The number of anilines is 1. The minimum Gasteiger partial charge on any atom is -0.482 e. The van der Waals surface area contributed by atoms with E-state index in [1.165, 1.54) is 18.3 Å². The highest BCUT2D eigenvalue weighted by molar-refractivity contribution is 5.68. The molecule has 2 rings (SSSR count). The summed E-state index contributed by atoms with van der Waals surface area (Å²) in [6.07, 6.45) is -0.779. The fourth-order valence-corrected chi connectivity index (χ4v) is 2.17. The van der Waals surface area contributed by atoms with Gasteiger partial charge in [0, 0.05) is 13.0 Å². The molecule has 0 spiro atoms. The van der Waals surface area contributed by atoms with E-state index in [2.05, 4.69) is 4.98 Å². The van der Waals surface area contributed by atoms with Gasteiger partial charge >= 0.3 is 12.0 Å². The second kappa shape index (κ2) is 6.17. The molecule has 1 aliphatic rings. The first-order chi connectivity index (χ1) is 10.6. The van der Waals surface area contributed by atoms with E-state index in [0.29, 0.717) is 0 Å². The van der Waals surface area contributed by atoms with Gasteiger partial charge in [0.25, 0.3) is 0 Å². The fraction of sp³-hybridized carbons (Fsp3) is 0.600. The summed E-state index contributed by atoms with van der Waals surface area (Å²) in [5.41, 5.74) is 4.72. The molecule has 0 aliphatic carbocycles. The van der Waals surface area contributed by atoms with Crippen molar-refractivity contribution in [3.05, 3.63) is 18.3 Å². The van der Waals surface area contributed by atoms with Crippen LogP contribution in [0.3, 0.4) is 0 Å². The highest BCUT2D eigenvalue weighted by atomic mass is 19.3. The largest absolute Gasteiger partial charge is 0.482 e. The number of hydrogen-bond acceptors (Lipinski definition) is 5. The summed E-state index contributed by atoms with van der Waals surface area (Å²) in [5.74, 6) is -2.69. The van der Waals surface area contributed by atoms with E-state index < -0.39 is 30.3 Å². The molecular weight excluding hydrogens is 308 g/mol. The Morgan fingerprint density at radius 1 is 1.43 bits per heavy atom. The normalized spacial score (nSPS) is 20.9. The Morgan fingerprint density at radius 2 is 2.13 bits per heavy atom. The molecule has 1 aromatic heterocycles. The minimum absolute atomic E-state index is 0.00335. The van der Waals surface area contributed by atoms with Crippen LogP contribution in [0.2, 0.25) is 0 Å². The first kappa shape index (κ1) is 17.2. The van der Waals surface area contributed by atoms with Gasteiger partial charge in [-0.05, 0) is 32.9 Å². The molecule has 2 N–H and O–H groups in total. The number of nitrogens with zero attached hydrogens (tertiary/aromatic N) is 2. The van der Waals surface area contributed by atoms with Crippen LogP contribution in [0.25, 0.3) is 0 Å². The molecule has 0 radical (unpaired) electrons. The fourth-order valence-electron chi connectivity index (χ4n) is 2.17. The van der Waals surface area contributed by atoms with Crippen LogP contribution in [0.5, 0.6) is 5.75 Å². The van der Waals surface area contributed by atoms with E-state index in [0.717, 1.165) is 4.90 Å². The molecule has 1 atom stereocenters. The van der Waals surface area contributed by atoms with E-state index in [4.69, 9.17) is 15.2 Å². The molecule has 1 amide bonds. The van der Waals surface area contributed by atoms with Crippen LogP contribution in [-0.4, -0.2) is 46.7 Å². The third-order valence-electron chi connectivity index (χ3n) is 3.22. The molecular formula is C15H21F2N3O3. The quantitative estimate of drug-likeness (QED) is 0.902. The smallest absolute Gasteiger partial charge is 0.410 e. The molecule has 1 aliphatic heterocycles. The zero-order chi connectivity index (χ0) is 17.3. The monoisotopic (exact) mass is 329 g/mol. The van der Waals surface area contributed by atoms with E-state index in [-0.39, 0.29) is 24.5 Å². The van der Waals surface area contributed by atoms with Crippen molar-refractivity contribution >= 4 is 11.9 Å². The number of carbonyl (C=O) groups is 1. The van der Waals surface area contributed by atoms with E-state index in [9.17, 15) is 13.6 Å². The van der Waals surface area contributed by atoms with E-state index >= 15 is 0 Å². The highest BCUT2D eigenvalue weighted by Gasteiger charge is 2.48. The number of piperidine rings is 1. The predicted octanol–water partition coefficient (Wildman–Crippen LogP) is 2.69. The SMILES string of the molecule is CC(C)(C)OC(=O)N1CCC(Oc2ccc(N)nc2)C(F)(F)C1. The molecule has 0 saturated carbocycles. The molecule has 1 unspecified atom stereocenters. The summed E-state index contributed by atoms with van der Waals surface area (Å²) < 4.78 is 38.9. The number of hydrogen-bond donors (Lipinski definition) is 1. The van der Waals surface area contributed by atoms with Crippen molar-refractivity contribution < 1.29 is 23.0 Å². The molecule has 1 aromatic rings. The van der Waals surface area contributed by atoms with Gasteiger partial charge in [-0.25, -0.2) is 18.6 Å². The summed E-state index contributed by atoms with van der Waals surface area (Å²) in [4.78, 5) is 16.7. The zero-order valence-corrected chi connectivity index (χ0v) is 13.4. The highest BCUT2D eigenvalue weighted by Crippen LogP contribution is 2.31. The number of halogens is 2. The summed E-state index contributed by atoms with van der Waals surface area (Å²) in [6.45, 7) is 4.46. The van der Waals surface area contributed by atoms with Crippen LogP contribution in [0, 0.1) is 0 Å². The minimum atomic E-state index is -3.18. The molecule has 128 valence electrons. The maximum absolute atomic E-state index is 14.3. The number of rotatable bonds is 2. The Labute approximate surface area is 133 Å². The standard InChI is InChI=1S/C15H21F2N3O3/c1-14(2,3)23-13(21)20-7-6-11(15(16,17)9-20)22-10-4-5-12(18)19-8-10/h4-5,8,11H,6-7,9H2,1-3H3,(H2,18,19). The van der Waals surface area contributed by atoms with E-state index in [1.54, 1.807) is 20.8 Å². The lowest BCUT2D eigenvalue weighted by Gasteiger charge is -2.38. The molecule has 6 nitrogen and oxygen atoms in total. The molecule has 23 heavy (non-hydrogen) atoms. The molecule has 2 heterocycles. The first-order valence-electron chi connectivity index (χ1n) is 7.31. The van der Waals surface area contributed by atoms with Crippen LogP contribution in [-0.2, 0) is 4.74 Å². The number of pyridine rings is 1. The Morgan fingerprint density at radius 3 is 2.65 bits per heavy atom. The summed E-state index contributed by atoms with van der Waals surface area (Å²) in [7, 11) is 0. The number of nitrogen functional groups attached to an aromatic ring is 1. The van der Waals surface area contributed by atoms with Gasteiger partial charge in [-0.2, -0.15) is 0 Å². The number of amides is 1. The van der Waals surface area contributed by atoms with Crippen LogP contribution < -0.4 is 10.5 Å². The molecule has 8 heteroatoms. The Bertz CT molecular complexity index is 558. The number of carbonyl (C=O) groups excluding carboxylic acids is 1. The van der Waals surface area contributed by atoms with Crippen molar-refractivity contribution in [1.82, 2.24) is 9.88 Å². The average Bonchev–Trinajstić information content (AvgIpc) is 2.41. The van der Waals surface area contributed by atoms with Gasteiger partial charge in [0.1, 0.15) is 17.2 Å². The van der Waals surface area contributed by atoms with Crippen molar-refractivity contribution in [1.29, 1.82) is 0 Å². The van der Waals surface area contributed by atoms with Crippen molar-refractivity contribution in [2.24, 2.45) is 0 Å². The summed E-state index contributed by atoms with van der Waals surface area (Å²) >= 11 is 0.